The normalized spacial score (nSPS) is 17.6. The molecule has 6 aromatic rings. The molecule has 19 heteroatoms. The summed E-state index contributed by atoms with van der Waals surface area (Å²) in [6.07, 6.45) is 6.58. The van der Waals surface area contributed by atoms with E-state index < -0.39 is 29.5 Å². The molecule has 2 saturated heterocycles. The van der Waals surface area contributed by atoms with Crippen LogP contribution in [0.2, 0.25) is 0 Å². The van der Waals surface area contributed by atoms with Gasteiger partial charge in [0.05, 0.1) is 52.5 Å². The van der Waals surface area contributed by atoms with Gasteiger partial charge in [-0.25, -0.2) is 15.0 Å². The number of anilines is 3. The van der Waals surface area contributed by atoms with Crippen LogP contribution in [0.15, 0.2) is 83.4 Å². The van der Waals surface area contributed by atoms with Gasteiger partial charge in [-0.2, -0.15) is 4.98 Å². The van der Waals surface area contributed by atoms with E-state index in [1.54, 1.807) is 35.2 Å². The van der Waals surface area contributed by atoms with Gasteiger partial charge in [-0.1, -0.05) is 82.1 Å². The molecule has 2 aliphatic heterocycles. The molecule has 0 spiro atoms. The summed E-state index contributed by atoms with van der Waals surface area (Å²) < 4.78 is 1.69. The Morgan fingerprint density at radius 1 is 0.840 bits per heavy atom. The average molecular weight is 1040 g/mol. The molecule has 6 heterocycles. The largest absolute Gasteiger partial charge is 0.391 e. The molecule has 4 N–H and O–H groups in total. The Morgan fingerprint density at radius 3 is 2.15 bits per heavy atom. The molecule has 4 aromatic heterocycles. The lowest BCUT2D eigenvalue weighted by Crippen LogP contribution is -2.58. The molecule has 18 nitrogen and oxygen atoms in total. The number of aryl methyl sites for hydroxylation is 2. The van der Waals surface area contributed by atoms with Gasteiger partial charge in [-0.05, 0) is 79.0 Å². The predicted molar refractivity (Wildman–Crippen MR) is 288 cm³/mol. The van der Waals surface area contributed by atoms with Gasteiger partial charge in [0.15, 0.2) is 5.78 Å². The number of Topliss-reactive ketones (excluding diaryl/α,β-unsaturated/α-hetero) is 1. The number of likely N-dealkylation sites (tertiary alicyclic amines) is 1. The van der Waals surface area contributed by atoms with Gasteiger partial charge in [0.2, 0.25) is 29.6 Å². The summed E-state index contributed by atoms with van der Waals surface area (Å²) in [6, 6.07) is 17.1. The number of rotatable bonds is 15. The molecule has 392 valence electrons. The first-order valence-corrected chi connectivity index (χ1v) is 26.6. The summed E-state index contributed by atoms with van der Waals surface area (Å²) >= 11 is 1.57. The Balaban J connectivity index is 0.744. The second kappa shape index (κ2) is 22.2. The van der Waals surface area contributed by atoms with Gasteiger partial charge in [-0.3, -0.25) is 33.3 Å². The van der Waals surface area contributed by atoms with Crippen molar-refractivity contribution in [3.05, 3.63) is 122 Å². The molecule has 3 aliphatic rings. The highest BCUT2D eigenvalue weighted by Crippen LogP contribution is 2.33. The van der Waals surface area contributed by atoms with Crippen molar-refractivity contribution < 1.29 is 29.1 Å². The van der Waals surface area contributed by atoms with Crippen molar-refractivity contribution >= 4 is 69.2 Å². The third-order valence-electron chi connectivity index (χ3n) is 14.7. The highest BCUT2D eigenvalue weighted by atomic mass is 32.1. The number of aliphatic hydroxyl groups excluding tert-OH is 1. The van der Waals surface area contributed by atoms with Crippen molar-refractivity contribution in [2.24, 2.45) is 5.41 Å². The van der Waals surface area contributed by atoms with E-state index in [4.69, 9.17) is 4.98 Å². The van der Waals surface area contributed by atoms with Crippen molar-refractivity contribution in [2.75, 3.05) is 42.9 Å². The molecule has 3 fully saturated rings. The second-order valence-corrected chi connectivity index (χ2v) is 22.0. The maximum atomic E-state index is 14.2. The Morgan fingerprint density at radius 2 is 1.52 bits per heavy atom. The van der Waals surface area contributed by atoms with Crippen molar-refractivity contribution in [1.29, 1.82) is 0 Å². The maximum Gasteiger partial charge on any atom is 0.263 e. The van der Waals surface area contributed by atoms with E-state index in [9.17, 15) is 33.9 Å². The number of hydrogen-bond acceptors (Lipinski definition) is 14. The Bertz CT molecular complexity index is 3160. The molecule has 0 bridgehead atoms. The molecule has 1 saturated carbocycles. The molecule has 4 amide bonds. The summed E-state index contributed by atoms with van der Waals surface area (Å²) in [4.78, 5) is 106. The number of piperazine rings is 1. The molecular formula is C56H65N11O7S. The van der Waals surface area contributed by atoms with Gasteiger partial charge in [0.1, 0.15) is 23.5 Å². The molecule has 1 unspecified atom stereocenters. The van der Waals surface area contributed by atoms with E-state index in [0.29, 0.717) is 60.1 Å². The third kappa shape index (κ3) is 11.8. The zero-order valence-corrected chi connectivity index (χ0v) is 44.2. The number of aliphatic hydroxyl groups is 1. The van der Waals surface area contributed by atoms with Crippen molar-refractivity contribution in [2.45, 2.75) is 117 Å². The van der Waals surface area contributed by atoms with Crippen LogP contribution in [0.25, 0.3) is 21.5 Å². The number of hydrogen-bond donors (Lipinski definition) is 4. The summed E-state index contributed by atoms with van der Waals surface area (Å²) in [5, 5.41) is 20.4. The van der Waals surface area contributed by atoms with E-state index >= 15 is 0 Å². The molecule has 1 aliphatic carbocycles. The monoisotopic (exact) mass is 1040 g/mol. The lowest BCUT2D eigenvalue weighted by atomic mass is 9.85. The Labute approximate surface area is 440 Å². The fourth-order valence-corrected chi connectivity index (χ4v) is 11.3. The fraction of sp³-hybridized carbons (Fsp3) is 0.429. The summed E-state index contributed by atoms with van der Waals surface area (Å²) in [5.41, 5.74) is 7.41. The second-order valence-electron chi connectivity index (χ2n) is 21.1. The fourth-order valence-electron chi connectivity index (χ4n) is 10.5. The smallest absolute Gasteiger partial charge is 0.263 e. The van der Waals surface area contributed by atoms with Crippen LogP contribution in [0.1, 0.15) is 104 Å². The van der Waals surface area contributed by atoms with Crippen molar-refractivity contribution in [3.8, 4) is 10.4 Å². The third-order valence-corrected chi connectivity index (χ3v) is 15.7. The number of nitrogens with zero attached hydrogens (tertiary/aromatic N) is 8. The van der Waals surface area contributed by atoms with Crippen LogP contribution < -0.4 is 26.4 Å². The first kappa shape index (κ1) is 52.5. The van der Waals surface area contributed by atoms with E-state index in [0.717, 1.165) is 58.6 Å². The van der Waals surface area contributed by atoms with E-state index in [-0.39, 0.29) is 73.0 Å². The van der Waals surface area contributed by atoms with Gasteiger partial charge < -0.3 is 35.8 Å². The van der Waals surface area contributed by atoms with Crippen molar-refractivity contribution in [1.82, 2.24) is 44.9 Å². The lowest BCUT2D eigenvalue weighted by Gasteiger charge is -2.36. The van der Waals surface area contributed by atoms with Gasteiger partial charge in [-0.15, -0.1) is 11.3 Å². The van der Waals surface area contributed by atoms with E-state index in [1.807, 2.05) is 98.8 Å². The first-order chi connectivity index (χ1) is 35.9. The average Bonchev–Trinajstić information content (AvgIpc) is 4.18. The molecular weight excluding hydrogens is 971 g/mol. The number of carbonyl (C=O) groups is 5. The van der Waals surface area contributed by atoms with Crippen LogP contribution in [0.5, 0.6) is 0 Å². The number of benzene rings is 2. The van der Waals surface area contributed by atoms with Gasteiger partial charge in [0, 0.05) is 63.3 Å². The number of pyridine rings is 2. The summed E-state index contributed by atoms with van der Waals surface area (Å²) in [7, 11) is 0. The number of ketones is 1. The standard InChI is InChI=1S/C56H65N11O7S/c1-33-43-30-59-55(63-51(43)67(40-9-7-8-10-40)53(73)48(33)35(3)68)61-45-20-19-41(29-57-45)64-21-23-65(24-22-64)47(71)26-37-13-11-36(12-14-37)25-46(70)62-50(56(4,5)6)54(74)66-31-42(69)27-44(66)52(72)58-28-38-15-17-39(18-16-38)49-34(2)60-32-75-49/h11-20,29-30,32,40,42,44,50,69H,7-10,21-28,31H2,1-6H3,(H,58,72)(H,62,70)(H,57,59,61,63)/t42-,44+,50?/m1/s1. The molecule has 0 radical (unpaired) electrons. The van der Waals surface area contributed by atoms with Crippen molar-refractivity contribution in [3.63, 3.8) is 0 Å². The maximum absolute atomic E-state index is 14.2. The quantitative estimate of drug-likeness (QED) is 0.0839. The van der Waals surface area contributed by atoms with Gasteiger partial charge >= 0.3 is 0 Å². The molecule has 9 rings (SSSR count). The number of β-amino-alcohol motifs (C(OH)–C–C–N with tert-alkyl or cyclic N) is 1. The Hall–Kier alpha value is -7.38. The molecule has 75 heavy (non-hydrogen) atoms. The zero-order chi connectivity index (χ0) is 53.1. The van der Waals surface area contributed by atoms with E-state index in [1.165, 1.54) is 11.8 Å². The van der Waals surface area contributed by atoms with Crippen LogP contribution in [-0.2, 0) is 38.6 Å². The summed E-state index contributed by atoms with van der Waals surface area (Å²) in [5.74, 6) is -0.609. The minimum atomic E-state index is -0.964. The zero-order valence-electron chi connectivity index (χ0n) is 43.4. The topological polar surface area (TPSA) is 225 Å². The predicted octanol–water partition coefficient (Wildman–Crippen LogP) is 6.23. The van der Waals surface area contributed by atoms with Crippen LogP contribution in [0.4, 0.5) is 17.5 Å². The lowest BCUT2D eigenvalue weighted by molar-refractivity contribution is -0.144. The minimum absolute atomic E-state index is 0.000339. The number of amides is 4. The van der Waals surface area contributed by atoms with Gasteiger partial charge in [0.25, 0.3) is 5.56 Å². The van der Waals surface area contributed by atoms with Crippen LogP contribution >= 0.6 is 11.3 Å². The molecule has 3 atom stereocenters. The summed E-state index contributed by atoms with van der Waals surface area (Å²) in [6.45, 7) is 13.3. The number of fused-ring (bicyclic) bond motifs is 1. The minimum Gasteiger partial charge on any atom is -0.391 e. The van der Waals surface area contributed by atoms with E-state index in [2.05, 4.69) is 35.8 Å². The highest BCUT2D eigenvalue weighted by molar-refractivity contribution is 7.13. The number of thiazole rings is 1. The van der Waals surface area contributed by atoms with Crippen LogP contribution in [0.3, 0.4) is 0 Å². The highest BCUT2D eigenvalue weighted by Gasteiger charge is 2.44. The SMILES string of the molecule is CC(=O)c1c(C)c2cnc(Nc3ccc(N4CCN(C(=O)Cc5ccc(CC(=O)NC(C(=O)N6C[C@H](O)C[C@H]6C(=O)NCc6ccc(-c7scnc7C)cc6)C(C)(C)C)cc5)CC4)cn3)nc2n(C2CCCC2)c1=O. The Kier molecular flexibility index (Phi) is 15.5. The first-order valence-electron chi connectivity index (χ1n) is 25.7. The number of nitrogens with one attached hydrogen (secondary N) is 3. The number of aromatic nitrogens is 5. The van der Waals surface area contributed by atoms with Crippen LogP contribution in [0, 0.1) is 19.3 Å². The molecule has 2 aromatic carbocycles. The van der Waals surface area contributed by atoms with Crippen LogP contribution in [-0.4, -0.2) is 120 Å². The number of carbonyl (C=O) groups excluding carboxylic acids is 5.